The third-order valence-corrected chi connectivity index (χ3v) is 7.00. The molecule has 0 fully saturated rings. The van der Waals surface area contributed by atoms with E-state index >= 15 is 0 Å². The van der Waals surface area contributed by atoms with E-state index in [-0.39, 0.29) is 17.6 Å². The number of thioether (sulfide) groups is 1. The number of carbonyl (C=O) groups is 2. The van der Waals surface area contributed by atoms with Crippen molar-refractivity contribution in [2.24, 2.45) is 5.92 Å². The number of nitrogens with zero attached hydrogens (tertiary/aromatic N) is 1. The van der Waals surface area contributed by atoms with Gasteiger partial charge in [0, 0.05) is 30.3 Å². The summed E-state index contributed by atoms with van der Waals surface area (Å²) in [5.41, 5.74) is 4.30. The van der Waals surface area contributed by atoms with Gasteiger partial charge >= 0.3 is 0 Å². The maximum Gasteiger partial charge on any atom is 0.243 e. The van der Waals surface area contributed by atoms with Gasteiger partial charge in [-0.05, 0) is 41.7 Å². The summed E-state index contributed by atoms with van der Waals surface area (Å²) in [5, 5.41) is 3.67. The van der Waals surface area contributed by atoms with E-state index in [0.29, 0.717) is 30.5 Å². The summed E-state index contributed by atoms with van der Waals surface area (Å²) in [6, 6.07) is 25.0. The molecule has 6 heteroatoms. The summed E-state index contributed by atoms with van der Waals surface area (Å²) < 4.78 is 0. The quantitative estimate of drug-likeness (QED) is 0.304. The smallest absolute Gasteiger partial charge is 0.243 e. The van der Waals surface area contributed by atoms with Crippen molar-refractivity contribution in [2.75, 3.05) is 12.3 Å². The molecule has 0 aromatic heterocycles. The van der Waals surface area contributed by atoms with Crippen molar-refractivity contribution in [3.05, 3.63) is 106 Å². The molecule has 0 bridgehead atoms. The Hall–Kier alpha value is -2.76. The number of rotatable bonds is 12. The molecule has 0 saturated heterocycles. The van der Waals surface area contributed by atoms with Crippen LogP contribution in [0.15, 0.2) is 78.9 Å². The van der Waals surface area contributed by atoms with Crippen molar-refractivity contribution >= 4 is 35.2 Å². The lowest BCUT2D eigenvalue weighted by molar-refractivity contribution is -0.139. The molecule has 3 aromatic rings. The van der Waals surface area contributed by atoms with Crippen molar-refractivity contribution in [3.8, 4) is 0 Å². The second-order valence-electron chi connectivity index (χ2n) is 9.48. The molecule has 3 aromatic carbocycles. The van der Waals surface area contributed by atoms with E-state index in [1.165, 1.54) is 11.1 Å². The molecule has 0 spiro atoms. The summed E-state index contributed by atoms with van der Waals surface area (Å²) in [6.45, 7) is 7.06. The van der Waals surface area contributed by atoms with Gasteiger partial charge in [-0.1, -0.05) is 97.7 Å². The Bertz CT molecular complexity index is 1140. The predicted molar refractivity (Wildman–Crippen MR) is 151 cm³/mol. The van der Waals surface area contributed by atoms with Crippen LogP contribution in [-0.4, -0.2) is 35.1 Å². The lowest BCUT2D eigenvalue weighted by Crippen LogP contribution is -2.51. The first-order valence-electron chi connectivity index (χ1n) is 12.3. The lowest BCUT2D eigenvalue weighted by atomic mass is 10.0. The van der Waals surface area contributed by atoms with Gasteiger partial charge in [-0.2, -0.15) is 0 Å². The minimum atomic E-state index is -0.628. The van der Waals surface area contributed by atoms with Gasteiger partial charge in [0.1, 0.15) is 6.04 Å². The number of nitrogens with one attached hydrogen (secondary N) is 1. The van der Waals surface area contributed by atoms with Crippen LogP contribution in [0, 0.1) is 12.8 Å². The normalized spacial score (nSPS) is 11.8. The second-order valence-corrected chi connectivity index (χ2v) is 10.9. The summed E-state index contributed by atoms with van der Waals surface area (Å²) in [7, 11) is 0. The van der Waals surface area contributed by atoms with Crippen LogP contribution < -0.4 is 5.32 Å². The summed E-state index contributed by atoms with van der Waals surface area (Å²) in [4.78, 5) is 28.8. The summed E-state index contributed by atoms with van der Waals surface area (Å²) >= 11 is 7.81. The molecule has 1 N–H and O–H groups in total. The van der Waals surface area contributed by atoms with Crippen molar-refractivity contribution in [1.82, 2.24) is 10.2 Å². The van der Waals surface area contributed by atoms with E-state index < -0.39 is 6.04 Å². The Morgan fingerprint density at radius 2 is 1.61 bits per heavy atom. The molecular weight excluding hydrogens is 488 g/mol. The fourth-order valence-electron chi connectivity index (χ4n) is 3.95. The third-order valence-electron chi connectivity index (χ3n) is 5.77. The molecule has 0 aliphatic carbocycles. The zero-order chi connectivity index (χ0) is 25.9. The fraction of sp³-hybridized carbons (Fsp3) is 0.333. The van der Waals surface area contributed by atoms with E-state index in [2.05, 4.69) is 44.3 Å². The number of halogens is 1. The average Bonchev–Trinajstić information content (AvgIpc) is 2.85. The highest BCUT2D eigenvalue weighted by atomic mass is 35.5. The molecule has 0 radical (unpaired) electrons. The molecule has 190 valence electrons. The average molecular weight is 523 g/mol. The first-order chi connectivity index (χ1) is 17.3. The lowest BCUT2D eigenvalue weighted by Gasteiger charge is -2.32. The van der Waals surface area contributed by atoms with E-state index in [9.17, 15) is 9.59 Å². The number of aryl methyl sites for hydroxylation is 1. The van der Waals surface area contributed by atoms with Gasteiger partial charge in [0.05, 0.1) is 5.75 Å². The second kappa shape index (κ2) is 14.1. The van der Waals surface area contributed by atoms with Crippen LogP contribution >= 0.6 is 23.4 Å². The van der Waals surface area contributed by atoms with Gasteiger partial charge in [-0.25, -0.2) is 0 Å². The zero-order valence-corrected chi connectivity index (χ0v) is 22.8. The van der Waals surface area contributed by atoms with Gasteiger partial charge in [-0.3, -0.25) is 9.59 Å². The minimum absolute atomic E-state index is 0.0618. The van der Waals surface area contributed by atoms with Crippen LogP contribution in [0.4, 0.5) is 0 Å². The Morgan fingerprint density at radius 3 is 2.31 bits per heavy atom. The van der Waals surface area contributed by atoms with Crippen molar-refractivity contribution in [1.29, 1.82) is 0 Å². The van der Waals surface area contributed by atoms with Gasteiger partial charge in [0.25, 0.3) is 0 Å². The molecule has 0 aliphatic heterocycles. The molecule has 1 unspecified atom stereocenters. The zero-order valence-electron chi connectivity index (χ0n) is 21.2. The van der Waals surface area contributed by atoms with Gasteiger partial charge in [-0.15, -0.1) is 11.8 Å². The standard InChI is InChI=1S/C30H35ClN2O2S/c1-22(2)18-32-30(35)28(17-24-10-5-4-6-11-24)33(19-25-12-8-14-27(31)16-25)29(34)21-36-20-26-13-7-9-23(3)15-26/h4-16,22,28H,17-21H2,1-3H3,(H,32,35). The molecule has 1 atom stereocenters. The highest BCUT2D eigenvalue weighted by Crippen LogP contribution is 2.20. The molecule has 36 heavy (non-hydrogen) atoms. The number of carbonyl (C=O) groups excluding carboxylic acids is 2. The number of hydrogen-bond acceptors (Lipinski definition) is 3. The SMILES string of the molecule is Cc1cccc(CSCC(=O)N(Cc2cccc(Cl)c2)C(Cc2ccccc2)C(=O)NCC(C)C)c1. The van der Waals surface area contributed by atoms with Gasteiger partial charge < -0.3 is 10.2 Å². The third kappa shape index (κ3) is 9.03. The molecule has 0 saturated carbocycles. The first-order valence-corrected chi connectivity index (χ1v) is 13.8. The number of benzene rings is 3. The van der Waals surface area contributed by atoms with E-state index in [0.717, 1.165) is 16.9 Å². The largest absolute Gasteiger partial charge is 0.354 e. The van der Waals surface area contributed by atoms with E-state index in [1.54, 1.807) is 16.7 Å². The van der Waals surface area contributed by atoms with Crippen LogP contribution in [0.5, 0.6) is 0 Å². The monoisotopic (exact) mass is 522 g/mol. The summed E-state index contributed by atoms with van der Waals surface area (Å²) in [6.07, 6.45) is 0.444. The highest BCUT2D eigenvalue weighted by Gasteiger charge is 2.30. The maximum absolute atomic E-state index is 13.7. The van der Waals surface area contributed by atoms with Crippen LogP contribution in [0.1, 0.15) is 36.1 Å². The Labute approximate surface area is 224 Å². The maximum atomic E-state index is 13.7. The summed E-state index contributed by atoms with van der Waals surface area (Å²) in [5.74, 6) is 1.15. The van der Waals surface area contributed by atoms with Crippen LogP contribution in [-0.2, 0) is 28.3 Å². The first kappa shape index (κ1) is 27.8. The molecule has 0 aliphatic rings. The number of amides is 2. The van der Waals surface area contributed by atoms with Crippen molar-refractivity contribution in [2.45, 2.75) is 45.5 Å². The molecule has 0 heterocycles. The number of hydrogen-bond donors (Lipinski definition) is 1. The Morgan fingerprint density at radius 1 is 0.917 bits per heavy atom. The van der Waals surface area contributed by atoms with E-state index in [4.69, 9.17) is 11.6 Å². The Kier molecular flexibility index (Phi) is 10.9. The molecular formula is C30H35ClN2O2S. The van der Waals surface area contributed by atoms with Crippen molar-refractivity contribution < 1.29 is 9.59 Å². The van der Waals surface area contributed by atoms with Crippen LogP contribution in [0.3, 0.4) is 0 Å². The van der Waals surface area contributed by atoms with Gasteiger partial charge in [0.2, 0.25) is 11.8 Å². The highest BCUT2D eigenvalue weighted by molar-refractivity contribution is 7.99. The van der Waals surface area contributed by atoms with E-state index in [1.807, 2.05) is 60.7 Å². The molecule has 4 nitrogen and oxygen atoms in total. The van der Waals surface area contributed by atoms with Gasteiger partial charge in [0.15, 0.2) is 0 Å². The van der Waals surface area contributed by atoms with Crippen LogP contribution in [0.25, 0.3) is 0 Å². The fourth-order valence-corrected chi connectivity index (χ4v) is 5.02. The molecule has 2 amide bonds. The predicted octanol–water partition coefficient (Wildman–Crippen LogP) is 6.29. The minimum Gasteiger partial charge on any atom is -0.354 e. The topological polar surface area (TPSA) is 49.4 Å². The molecule has 3 rings (SSSR count). The van der Waals surface area contributed by atoms with Crippen molar-refractivity contribution in [3.63, 3.8) is 0 Å². The van der Waals surface area contributed by atoms with Crippen LogP contribution in [0.2, 0.25) is 5.02 Å². The Balaban J connectivity index is 1.84.